The van der Waals surface area contributed by atoms with E-state index in [0.29, 0.717) is 0 Å². The number of likely N-dealkylation sites (N-methyl/N-ethyl adjacent to an activating group) is 1. The van der Waals surface area contributed by atoms with E-state index in [9.17, 15) is 0 Å². The minimum atomic E-state index is -0.750. The van der Waals surface area contributed by atoms with Gasteiger partial charge in [-0.2, -0.15) is 8.42 Å². The van der Waals surface area contributed by atoms with Crippen LogP contribution in [0.15, 0.2) is 25.3 Å². The summed E-state index contributed by atoms with van der Waals surface area (Å²) in [5, 5.41) is 0. The molecule has 0 aromatic carbocycles. The molecule has 0 fully saturated rings. The van der Waals surface area contributed by atoms with Crippen molar-refractivity contribution in [2.24, 2.45) is 0 Å². The molecular weight excluding hydrogens is 210 g/mol. The second kappa shape index (κ2) is 17.6. The van der Waals surface area contributed by atoms with Gasteiger partial charge in [0, 0.05) is 13.1 Å². The summed E-state index contributed by atoms with van der Waals surface area (Å²) < 4.78 is 16.6. The first-order valence-corrected chi connectivity index (χ1v) is 4.29. The van der Waals surface area contributed by atoms with Crippen molar-refractivity contribution >= 4 is 24.0 Å². The van der Waals surface area contributed by atoms with Crippen LogP contribution in [0.1, 0.15) is 6.92 Å². The largest absolute Gasteiger partial charge is 0.335 e. The van der Waals surface area contributed by atoms with Crippen molar-refractivity contribution in [3.8, 4) is 0 Å². The molecule has 0 amide bonds. The first-order valence-electron chi connectivity index (χ1n) is 3.62. The van der Waals surface area contributed by atoms with Gasteiger partial charge in [0.2, 0.25) is 0 Å². The van der Waals surface area contributed by atoms with Crippen LogP contribution in [0.25, 0.3) is 0 Å². The van der Waals surface area contributed by atoms with Crippen molar-refractivity contribution in [1.29, 1.82) is 0 Å². The van der Waals surface area contributed by atoms with Gasteiger partial charge in [-0.3, -0.25) is 4.90 Å². The Labute approximate surface area is 89.5 Å². The number of nitrogens with zero attached hydrogens (tertiary/aromatic N) is 1. The summed E-state index contributed by atoms with van der Waals surface area (Å²) >= 11 is -0.750. The lowest BCUT2D eigenvalue weighted by molar-refractivity contribution is 0.355. The predicted molar refractivity (Wildman–Crippen MR) is 58.7 cm³/mol. The van der Waals surface area contributed by atoms with Gasteiger partial charge < -0.3 is 0 Å². The summed E-state index contributed by atoms with van der Waals surface area (Å²) in [4.78, 5) is 2.25. The topological polar surface area (TPSA) is 37.4 Å². The highest BCUT2D eigenvalue weighted by atomic mass is 35.5. The molecule has 0 aliphatic carbocycles. The molecule has 3 nitrogen and oxygen atoms in total. The van der Waals surface area contributed by atoms with E-state index in [1.54, 1.807) is 0 Å². The first kappa shape index (κ1) is 18.4. The zero-order chi connectivity index (χ0) is 9.82. The van der Waals surface area contributed by atoms with Gasteiger partial charge in [-0.1, -0.05) is 19.1 Å². The van der Waals surface area contributed by atoms with Crippen LogP contribution in [0.2, 0.25) is 0 Å². The second-order valence-corrected chi connectivity index (χ2v) is 2.13. The summed E-state index contributed by atoms with van der Waals surface area (Å²) in [5.74, 6) is 0. The molecule has 0 saturated carbocycles. The lowest BCUT2D eigenvalue weighted by Gasteiger charge is -2.14. The molecule has 0 atom stereocenters. The monoisotopic (exact) mass is 225 g/mol. The first-order chi connectivity index (χ1) is 5.76. The molecule has 0 heterocycles. The van der Waals surface area contributed by atoms with Crippen LogP contribution in [0.5, 0.6) is 0 Å². The minimum absolute atomic E-state index is 0. The quantitative estimate of drug-likeness (QED) is 0.665. The van der Waals surface area contributed by atoms with Crippen molar-refractivity contribution in [2.45, 2.75) is 6.92 Å². The van der Waals surface area contributed by atoms with Gasteiger partial charge in [0.05, 0.1) is 0 Å². The van der Waals surface area contributed by atoms with Gasteiger partial charge in [-0.25, -0.2) is 0 Å². The smallest absolute Gasteiger partial charge is 0.296 e. The van der Waals surface area contributed by atoms with E-state index < -0.39 is 11.6 Å². The van der Waals surface area contributed by atoms with Crippen molar-refractivity contribution in [2.75, 3.05) is 19.6 Å². The van der Waals surface area contributed by atoms with Gasteiger partial charge in [0.1, 0.15) is 0 Å². The van der Waals surface area contributed by atoms with Crippen LogP contribution >= 0.6 is 12.4 Å². The SMILES string of the molecule is C=CCN(CC)CC=C.Cl.O=S=O. The summed E-state index contributed by atoms with van der Waals surface area (Å²) in [5.41, 5.74) is 0. The van der Waals surface area contributed by atoms with Gasteiger partial charge in [0.15, 0.2) is 0 Å². The lowest BCUT2D eigenvalue weighted by atomic mass is 10.4. The van der Waals surface area contributed by atoms with E-state index >= 15 is 0 Å². The maximum absolute atomic E-state index is 8.29. The highest BCUT2D eigenvalue weighted by Gasteiger charge is 1.92. The predicted octanol–water partition coefficient (Wildman–Crippen LogP) is 1.43. The second-order valence-electron chi connectivity index (χ2n) is 2.00. The Morgan fingerprint density at radius 1 is 1.23 bits per heavy atom. The Kier molecular flexibility index (Phi) is 24.8. The van der Waals surface area contributed by atoms with Crippen molar-refractivity contribution in [3.05, 3.63) is 25.3 Å². The number of hydrogen-bond acceptors (Lipinski definition) is 3. The van der Waals surface area contributed by atoms with Gasteiger partial charge in [-0.15, -0.1) is 25.6 Å². The standard InChI is InChI=1S/C8H15N.ClH.O2S/c1-4-7-9(6-3)8-5-2;;1-3-2/h4-5H,1-2,6-8H2,3H3;1H;. The third kappa shape index (κ3) is 18.5. The maximum atomic E-state index is 8.29. The fraction of sp³-hybridized carbons (Fsp3) is 0.500. The van der Waals surface area contributed by atoms with Crippen LogP contribution in [-0.4, -0.2) is 33.0 Å². The van der Waals surface area contributed by atoms with E-state index in [0.717, 1.165) is 19.6 Å². The normalized spacial score (nSPS) is 7.54. The van der Waals surface area contributed by atoms with Crippen LogP contribution in [0, 0.1) is 0 Å². The Morgan fingerprint density at radius 2 is 1.54 bits per heavy atom. The maximum Gasteiger partial charge on any atom is 0.335 e. The average molecular weight is 226 g/mol. The molecular formula is C8H16ClNO2S. The Balaban J connectivity index is -0.000000220. The van der Waals surface area contributed by atoms with Crippen molar-refractivity contribution in [1.82, 2.24) is 4.90 Å². The fourth-order valence-electron chi connectivity index (χ4n) is 0.698. The van der Waals surface area contributed by atoms with Crippen LogP contribution in [0.3, 0.4) is 0 Å². The Hall–Kier alpha value is -0.450. The molecule has 0 N–H and O–H groups in total. The summed E-state index contributed by atoms with van der Waals surface area (Å²) in [6, 6.07) is 0. The van der Waals surface area contributed by atoms with Gasteiger partial charge in [0.25, 0.3) is 0 Å². The molecule has 78 valence electrons. The number of hydrogen-bond donors (Lipinski definition) is 0. The number of halogens is 1. The molecule has 0 spiro atoms. The fourth-order valence-corrected chi connectivity index (χ4v) is 0.698. The van der Waals surface area contributed by atoms with E-state index in [2.05, 4.69) is 25.0 Å². The molecule has 0 radical (unpaired) electrons. The molecule has 0 rings (SSSR count). The van der Waals surface area contributed by atoms with Crippen LogP contribution in [-0.2, 0) is 11.6 Å². The molecule has 13 heavy (non-hydrogen) atoms. The Bertz CT molecular complexity index is 148. The third-order valence-electron chi connectivity index (χ3n) is 1.22. The van der Waals surface area contributed by atoms with E-state index in [1.807, 2.05) is 12.2 Å². The molecule has 0 aromatic heterocycles. The Morgan fingerprint density at radius 3 is 1.69 bits per heavy atom. The van der Waals surface area contributed by atoms with Crippen LogP contribution < -0.4 is 0 Å². The molecule has 0 saturated heterocycles. The zero-order valence-electron chi connectivity index (χ0n) is 7.77. The van der Waals surface area contributed by atoms with E-state index in [-0.39, 0.29) is 12.4 Å². The molecule has 0 bridgehead atoms. The highest BCUT2D eigenvalue weighted by molar-refractivity contribution is 7.51. The molecule has 5 heteroatoms. The zero-order valence-corrected chi connectivity index (χ0v) is 9.40. The molecule has 0 aliphatic rings. The molecule has 0 unspecified atom stereocenters. The van der Waals surface area contributed by atoms with Crippen LogP contribution in [0.4, 0.5) is 0 Å². The average Bonchev–Trinajstić information content (AvgIpc) is 2.05. The third-order valence-corrected chi connectivity index (χ3v) is 1.22. The number of rotatable bonds is 5. The van der Waals surface area contributed by atoms with Crippen molar-refractivity contribution in [3.63, 3.8) is 0 Å². The summed E-state index contributed by atoms with van der Waals surface area (Å²) in [7, 11) is 0. The van der Waals surface area contributed by atoms with E-state index in [1.165, 1.54) is 0 Å². The minimum Gasteiger partial charge on any atom is -0.296 e. The lowest BCUT2D eigenvalue weighted by Crippen LogP contribution is -2.22. The van der Waals surface area contributed by atoms with Gasteiger partial charge in [-0.05, 0) is 6.54 Å². The summed E-state index contributed by atoms with van der Waals surface area (Å²) in [6.45, 7) is 12.4. The highest BCUT2D eigenvalue weighted by Crippen LogP contribution is 1.86. The molecule has 0 aliphatic heterocycles. The van der Waals surface area contributed by atoms with Crippen molar-refractivity contribution < 1.29 is 8.42 Å². The summed E-state index contributed by atoms with van der Waals surface area (Å²) in [6.07, 6.45) is 3.82. The van der Waals surface area contributed by atoms with Gasteiger partial charge >= 0.3 is 11.6 Å². The molecule has 0 aromatic rings. The van der Waals surface area contributed by atoms with E-state index in [4.69, 9.17) is 8.42 Å².